The average Bonchev–Trinajstić information content (AvgIpc) is 2.49. The van der Waals surface area contributed by atoms with Gasteiger partial charge in [-0.25, -0.2) is 4.79 Å². The molecule has 0 saturated heterocycles. The van der Waals surface area contributed by atoms with E-state index in [-0.39, 0.29) is 0 Å². The van der Waals surface area contributed by atoms with Gasteiger partial charge in [-0.15, -0.1) is 0 Å². The third kappa shape index (κ3) is 2.26. The maximum atomic E-state index is 10.6. The number of rotatable bonds is 2. The van der Waals surface area contributed by atoms with Crippen molar-refractivity contribution < 1.29 is 4.79 Å². The third-order valence-corrected chi connectivity index (χ3v) is 4.12. The van der Waals surface area contributed by atoms with Crippen LogP contribution >= 0.6 is 22.6 Å². The zero-order valence-corrected chi connectivity index (χ0v) is 12.7. The quantitative estimate of drug-likeness (QED) is 0.351. The standard InChI is InChI=1S/C17H10INO/c18-15-8-4-7-14-13(12-5-2-1-3-6-12)9-10-16(17(14)15)19-11-20/h1-10H. The largest absolute Gasteiger partial charge is 0.240 e. The Balaban J connectivity index is 2.40. The van der Waals surface area contributed by atoms with Gasteiger partial charge in [-0.2, -0.15) is 4.99 Å². The number of halogens is 1. The molecule has 0 heterocycles. The van der Waals surface area contributed by atoms with E-state index in [1.54, 1.807) is 6.08 Å². The van der Waals surface area contributed by atoms with Gasteiger partial charge >= 0.3 is 0 Å². The van der Waals surface area contributed by atoms with E-state index in [1.807, 2.05) is 42.5 Å². The van der Waals surface area contributed by atoms with E-state index in [0.29, 0.717) is 5.69 Å². The molecule has 3 aromatic carbocycles. The topological polar surface area (TPSA) is 29.4 Å². The van der Waals surface area contributed by atoms with Crippen LogP contribution in [0.25, 0.3) is 21.9 Å². The van der Waals surface area contributed by atoms with Crippen LogP contribution in [0.1, 0.15) is 0 Å². The van der Waals surface area contributed by atoms with Crippen LogP contribution in [0.3, 0.4) is 0 Å². The molecular weight excluding hydrogens is 361 g/mol. The predicted molar refractivity (Wildman–Crippen MR) is 89.9 cm³/mol. The van der Waals surface area contributed by atoms with Crippen molar-refractivity contribution >= 4 is 45.1 Å². The summed E-state index contributed by atoms with van der Waals surface area (Å²) in [6.07, 6.45) is 1.63. The summed E-state index contributed by atoms with van der Waals surface area (Å²) in [6, 6.07) is 20.2. The second-order valence-corrected chi connectivity index (χ2v) is 5.53. The number of nitrogens with zero attached hydrogens (tertiary/aromatic N) is 1. The normalized spacial score (nSPS) is 10.2. The summed E-state index contributed by atoms with van der Waals surface area (Å²) < 4.78 is 1.08. The van der Waals surface area contributed by atoms with Gasteiger partial charge in [0.05, 0.1) is 5.69 Å². The van der Waals surface area contributed by atoms with Crippen LogP contribution in [0.5, 0.6) is 0 Å². The average molecular weight is 371 g/mol. The van der Waals surface area contributed by atoms with Crippen LogP contribution in [0.2, 0.25) is 0 Å². The van der Waals surface area contributed by atoms with Crippen molar-refractivity contribution in [2.24, 2.45) is 4.99 Å². The van der Waals surface area contributed by atoms with Crippen LogP contribution in [0.4, 0.5) is 5.69 Å². The molecule has 0 aliphatic carbocycles. The fraction of sp³-hybridized carbons (Fsp3) is 0. The molecule has 20 heavy (non-hydrogen) atoms. The molecule has 3 heteroatoms. The van der Waals surface area contributed by atoms with Crippen molar-refractivity contribution in [1.82, 2.24) is 0 Å². The molecule has 0 aliphatic heterocycles. The molecular formula is C17H10INO. The van der Waals surface area contributed by atoms with Crippen LogP contribution < -0.4 is 0 Å². The van der Waals surface area contributed by atoms with Gasteiger partial charge in [0.15, 0.2) is 0 Å². The lowest BCUT2D eigenvalue weighted by Crippen LogP contribution is -1.84. The van der Waals surface area contributed by atoms with Gasteiger partial charge in [-0.1, -0.05) is 48.5 Å². The Labute approximate surface area is 130 Å². The van der Waals surface area contributed by atoms with Crippen molar-refractivity contribution in [3.05, 3.63) is 64.2 Å². The molecule has 0 fully saturated rings. The smallest absolute Gasteiger partial charge is 0.211 e. The van der Waals surface area contributed by atoms with Gasteiger partial charge in [-0.05, 0) is 51.2 Å². The minimum Gasteiger partial charge on any atom is -0.211 e. The maximum absolute atomic E-state index is 10.6. The molecule has 0 N–H and O–H groups in total. The molecule has 0 spiro atoms. The summed E-state index contributed by atoms with van der Waals surface area (Å²) in [5.41, 5.74) is 2.96. The lowest BCUT2D eigenvalue weighted by molar-refractivity contribution is 0.565. The maximum Gasteiger partial charge on any atom is 0.240 e. The van der Waals surface area contributed by atoms with Crippen molar-refractivity contribution in [1.29, 1.82) is 0 Å². The summed E-state index contributed by atoms with van der Waals surface area (Å²) >= 11 is 2.27. The number of hydrogen-bond donors (Lipinski definition) is 0. The minimum atomic E-state index is 0.666. The first kappa shape index (κ1) is 13.0. The van der Waals surface area contributed by atoms with Crippen molar-refractivity contribution in [2.45, 2.75) is 0 Å². The first-order chi connectivity index (χ1) is 9.81. The van der Waals surface area contributed by atoms with Crippen LogP contribution in [0, 0.1) is 3.57 Å². The summed E-state index contributed by atoms with van der Waals surface area (Å²) in [7, 11) is 0. The SMILES string of the molecule is O=C=Nc1ccc(-c2ccccc2)c2cccc(I)c12. The summed E-state index contributed by atoms with van der Waals surface area (Å²) in [5, 5.41) is 2.09. The van der Waals surface area contributed by atoms with E-state index >= 15 is 0 Å². The number of carbonyl (C=O) groups excluding carboxylic acids is 1. The Bertz CT molecular complexity index is 821. The minimum absolute atomic E-state index is 0.666. The van der Waals surface area contributed by atoms with Gasteiger partial charge in [0.25, 0.3) is 0 Å². The van der Waals surface area contributed by atoms with Crippen LogP contribution in [0.15, 0.2) is 65.7 Å². The van der Waals surface area contributed by atoms with Gasteiger partial charge in [-0.3, -0.25) is 0 Å². The molecule has 0 bridgehead atoms. The number of benzene rings is 3. The molecule has 3 rings (SSSR count). The first-order valence-corrected chi connectivity index (χ1v) is 7.23. The molecule has 0 aliphatic rings. The Morgan fingerprint density at radius 1 is 0.900 bits per heavy atom. The third-order valence-electron chi connectivity index (χ3n) is 3.22. The van der Waals surface area contributed by atoms with E-state index in [2.05, 4.69) is 45.8 Å². The zero-order valence-electron chi connectivity index (χ0n) is 10.5. The molecule has 0 amide bonds. The fourth-order valence-electron chi connectivity index (χ4n) is 2.36. The second-order valence-electron chi connectivity index (χ2n) is 4.36. The van der Waals surface area contributed by atoms with Crippen molar-refractivity contribution in [3.63, 3.8) is 0 Å². The molecule has 96 valence electrons. The molecule has 0 aromatic heterocycles. The van der Waals surface area contributed by atoms with E-state index < -0.39 is 0 Å². The molecule has 3 aromatic rings. The number of isocyanates is 1. The number of aliphatic imine (C=N–C) groups is 1. The monoisotopic (exact) mass is 371 g/mol. The van der Waals surface area contributed by atoms with Crippen molar-refractivity contribution in [3.8, 4) is 11.1 Å². The Kier molecular flexibility index (Phi) is 3.63. The Morgan fingerprint density at radius 2 is 1.70 bits per heavy atom. The van der Waals surface area contributed by atoms with Gasteiger partial charge in [0.1, 0.15) is 0 Å². The molecule has 0 atom stereocenters. The Hall–Kier alpha value is -1.97. The summed E-state index contributed by atoms with van der Waals surface area (Å²) in [5.74, 6) is 0. The Morgan fingerprint density at radius 3 is 2.45 bits per heavy atom. The highest BCUT2D eigenvalue weighted by atomic mass is 127. The van der Waals surface area contributed by atoms with Crippen molar-refractivity contribution in [2.75, 3.05) is 0 Å². The second kappa shape index (κ2) is 5.57. The summed E-state index contributed by atoms with van der Waals surface area (Å²) in [4.78, 5) is 14.4. The van der Waals surface area contributed by atoms with Gasteiger partial charge in [0, 0.05) is 8.96 Å². The van der Waals surface area contributed by atoms with E-state index in [0.717, 1.165) is 25.5 Å². The molecule has 0 unspecified atom stereocenters. The molecule has 0 saturated carbocycles. The highest BCUT2D eigenvalue weighted by Crippen LogP contribution is 2.36. The highest BCUT2D eigenvalue weighted by molar-refractivity contribution is 14.1. The summed E-state index contributed by atoms with van der Waals surface area (Å²) in [6.45, 7) is 0. The molecule has 2 nitrogen and oxygen atoms in total. The first-order valence-electron chi connectivity index (χ1n) is 6.16. The zero-order chi connectivity index (χ0) is 13.9. The number of hydrogen-bond acceptors (Lipinski definition) is 2. The fourth-order valence-corrected chi connectivity index (χ4v) is 3.13. The lowest BCUT2D eigenvalue weighted by atomic mass is 9.97. The lowest BCUT2D eigenvalue weighted by Gasteiger charge is -2.10. The highest BCUT2D eigenvalue weighted by Gasteiger charge is 2.09. The molecule has 0 radical (unpaired) electrons. The van der Waals surface area contributed by atoms with Crippen LogP contribution in [-0.2, 0) is 4.79 Å². The van der Waals surface area contributed by atoms with E-state index in [4.69, 9.17) is 0 Å². The van der Waals surface area contributed by atoms with Gasteiger partial charge < -0.3 is 0 Å². The van der Waals surface area contributed by atoms with E-state index in [1.165, 1.54) is 0 Å². The van der Waals surface area contributed by atoms with E-state index in [9.17, 15) is 4.79 Å². The van der Waals surface area contributed by atoms with Gasteiger partial charge in [0.2, 0.25) is 6.08 Å². The van der Waals surface area contributed by atoms with Crippen LogP contribution in [-0.4, -0.2) is 6.08 Å². The predicted octanol–water partition coefficient (Wildman–Crippen LogP) is 5.08. The number of fused-ring (bicyclic) bond motifs is 1.